The molecule has 216 valence electrons. The molecule has 0 unspecified atom stereocenters. The minimum Gasteiger partial charge on any atom is -0.373 e. The minimum absolute atomic E-state index is 0.00631. The van der Waals surface area contributed by atoms with Crippen LogP contribution in [0.15, 0.2) is 40.9 Å². The first kappa shape index (κ1) is 27.6. The van der Waals surface area contributed by atoms with Crippen molar-refractivity contribution >= 4 is 46.7 Å². The molecule has 2 bridgehead atoms. The second-order valence-electron chi connectivity index (χ2n) is 11.8. The summed E-state index contributed by atoms with van der Waals surface area (Å²) in [6.45, 7) is 1.14. The number of carbonyl (C=O) groups excluding carboxylic acids is 1. The Hall–Kier alpha value is -2.26. The van der Waals surface area contributed by atoms with Crippen LogP contribution < -0.4 is 9.62 Å². The van der Waals surface area contributed by atoms with Crippen LogP contribution in [0.4, 0.5) is 10.1 Å². The van der Waals surface area contributed by atoms with Crippen molar-refractivity contribution in [2.45, 2.75) is 81.3 Å². The molecule has 4 aliphatic rings. The fraction of sp³-hybridized carbons (Fsp3) is 0.484. The van der Waals surface area contributed by atoms with E-state index in [4.69, 9.17) is 32.5 Å². The Morgan fingerprint density at radius 1 is 1.15 bits per heavy atom. The van der Waals surface area contributed by atoms with Crippen LogP contribution in [0.2, 0.25) is 10.0 Å². The molecule has 1 saturated heterocycles. The summed E-state index contributed by atoms with van der Waals surface area (Å²) in [5, 5.41) is 6.02. The molecule has 3 aromatic rings. The van der Waals surface area contributed by atoms with E-state index in [9.17, 15) is 4.79 Å². The number of aromatic nitrogens is 1. The third-order valence-electron chi connectivity index (χ3n) is 8.71. The van der Waals surface area contributed by atoms with E-state index in [1.54, 1.807) is 18.2 Å². The lowest BCUT2D eigenvalue weighted by Gasteiger charge is -2.33. The first-order valence-corrected chi connectivity index (χ1v) is 16.1. The normalized spacial score (nSPS) is 23.4. The summed E-state index contributed by atoms with van der Waals surface area (Å²) in [5.41, 5.74) is 3.76. The summed E-state index contributed by atoms with van der Waals surface area (Å²) in [6.07, 6.45) is 7.31. The number of piperidine rings is 1. The zero-order chi connectivity index (χ0) is 28.1. The maximum atomic E-state index is 15.2. The van der Waals surface area contributed by atoms with E-state index in [-0.39, 0.29) is 23.9 Å². The van der Waals surface area contributed by atoms with E-state index >= 15 is 4.39 Å². The van der Waals surface area contributed by atoms with Crippen LogP contribution in [-0.2, 0) is 22.6 Å². The number of hydrogen-bond acceptors (Lipinski definition) is 6. The van der Waals surface area contributed by atoms with E-state index in [0.29, 0.717) is 63.5 Å². The number of aryl methyl sites for hydroxylation is 1. The molecule has 3 aliphatic carbocycles. The summed E-state index contributed by atoms with van der Waals surface area (Å²) in [5.74, 6) is 1.35. The summed E-state index contributed by atoms with van der Waals surface area (Å²) in [6, 6.07) is 11.1. The highest BCUT2D eigenvalue weighted by Gasteiger charge is 2.46. The van der Waals surface area contributed by atoms with Crippen molar-refractivity contribution in [1.29, 1.82) is 0 Å². The SMILES string of the molecule is O=C(CCc1ccc(N2C[C@@H]3C[C@H]2C[C@H]3OCc2c(-c3c(Cl)cccc3Cl)noc2C2CC2)c(F)c1)NSC1CC1. The second kappa shape index (κ2) is 11.4. The molecule has 1 aromatic heterocycles. The number of fused-ring (bicyclic) bond motifs is 2. The summed E-state index contributed by atoms with van der Waals surface area (Å²) in [4.78, 5) is 14.3. The smallest absolute Gasteiger partial charge is 0.230 e. The standard InChI is InChI=1S/C31H32Cl2FN3O3S/c32-23-2-1-3-24(33)29(23)30-22(31(40-35-30)18-6-7-18)16-39-27-14-20-13-19(27)15-37(20)26-10-4-17(12-25(26)34)5-11-28(38)36-41-21-8-9-21/h1-4,10,12,18-21,27H,5-9,11,13-16H2,(H,36,38)/t19-,20-,27+/m0/s1. The highest BCUT2D eigenvalue weighted by molar-refractivity contribution is 7.98. The van der Waals surface area contributed by atoms with Crippen LogP contribution in [0.25, 0.3) is 11.3 Å². The van der Waals surface area contributed by atoms with Crippen molar-refractivity contribution < 1.29 is 18.4 Å². The van der Waals surface area contributed by atoms with Crippen LogP contribution in [0.1, 0.15) is 67.8 Å². The van der Waals surface area contributed by atoms with Gasteiger partial charge in [0.15, 0.2) is 0 Å². The average molecular weight is 617 g/mol. The van der Waals surface area contributed by atoms with Gasteiger partial charge < -0.3 is 14.2 Å². The number of carbonyl (C=O) groups is 1. The number of rotatable bonds is 11. The monoisotopic (exact) mass is 615 g/mol. The van der Waals surface area contributed by atoms with Gasteiger partial charge in [0.2, 0.25) is 5.91 Å². The number of nitrogens with one attached hydrogen (secondary N) is 1. The third-order valence-corrected chi connectivity index (χ3v) is 10.5. The van der Waals surface area contributed by atoms with Crippen LogP contribution in [-0.4, -0.2) is 35.0 Å². The van der Waals surface area contributed by atoms with E-state index in [1.807, 2.05) is 18.2 Å². The molecule has 1 aliphatic heterocycles. The van der Waals surface area contributed by atoms with Gasteiger partial charge in [-0.1, -0.05) is 40.5 Å². The summed E-state index contributed by atoms with van der Waals surface area (Å²) < 4.78 is 30.4. The van der Waals surface area contributed by atoms with Gasteiger partial charge in [-0.2, -0.15) is 0 Å². The van der Waals surface area contributed by atoms with Gasteiger partial charge in [-0.05, 0) is 86.7 Å². The number of halogens is 3. The quantitative estimate of drug-likeness (QED) is 0.223. The summed E-state index contributed by atoms with van der Waals surface area (Å²) in [7, 11) is 0. The Balaban J connectivity index is 0.979. The van der Waals surface area contributed by atoms with Gasteiger partial charge in [0, 0.05) is 47.2 Å². The van der Waals surface area contributed by atoms with Crippen LogP contribution in [0.3, 0.4) is 0 Å². The number of ether oxygens (including phenoxy) is 1. The Bertz CT molecular complexity index is 1440. The molecule has 41 heavy (non-hydrogen) atoms. The van der Waals surface area contributed by atoms with Crippen molar-refractivity contribution in [2.75, 3.05) is 11.4 Å². The Morgan fingerprint density at radius 2 is 1.95 bits per heavy atom. The summed E-state index contributed by atoms with van der Waals surface area (Å²) >= 11 is 14.5. The Morgan fingerprint density at radius 3 is 2.63 bits per heavy atom. The van der Waals surface area contributed by atoms with Crippen molar-refractivity contribution in [1.82, 2.24) is 9.88 Å². The lowest BCUT2D eigenvalue weighted by molar-refractivity contribution is -0.119. The average Bonchev–Trinajstić information content (AvgIpc) is 3.87. The molecule has 10 heteroatoms. The third kappa shape index (κ3) is 5.85. The molecule has 2 heterocycles. The second-order valence-corrected chi connectivity index (χ2v) is 13.7. The zero-order valence-corrected chi connectivity index (χ0v) is 24.9. The van der Waals surface area contributed by atoms with E-state index < -0.39 is 0 Å². The number of benzene rings is 2. The van der Waals surface area contributed by atoms with Crippen LogP contribution >= 0.6 is 35.1 Å². The Labute approximate surface area is 253 Å². The number of hydrogen-bond donors (Lipinski definition) is 1. The van der Waals surface area contributed by atoms with Gasteiger partial charge in [0.25, 0.3) is 0 Å². The molecule has 3 saturated carbocycles. The molecule has 6 nitrogen and oxygen atoms in total. The van der Waals surface area contributed by atoms with Gasteiger partial charge in [-0.25, -0.2) is 4.39 Å². The highest BCUT2D eigenvalue weighted by atomic mass is 35.5. The number of nitrogens with zero attached hydrogens (tertiary/aromatic N) is 2. The van der Waals surface area contributed by atoms with E-state index in [0.717, 1.165) is 49.1 Å². The minimum atomic E-state index is -0.222. The molecule has 0 spiro atoms. The zero-order valence-electron chi connectivity index (χ0n) is 22.6. The molecule has 7 rings (SSSR count). The largest absolute Gasteiger partial charge is 0.373 e. The molecule has 1 amide bonds. The van der Waals surface area contributed by atoms with Gasteiger partial charge in [0.1, 0.15) is 17.3 Å². The van der Waals surface area contributed by atoms with Gasteiger partial charge in [-0.15, -0.1) is 0 Å². The fourth-order valence-electron chi connectivity index (χ4n) is 6.23. The lowest BCUT2D eigenvalue weighted by Crippen LogP contribution is -2.39. The molecule has 0 radical (unpaired) electrons. The first-order valence-electron chi connectivity index (χ1n) is 14.5. The van der Waals surface area contributed by atoms with Crippen LogP contribution in [0.5, 0.6) is 0 Å². The van der Waals surface area contributed by atoms with Crippen molar-refractivity contribution in [3.63, 3.8) is 0 Å². The molecular formula is C31H32Cl2FN3O3S. The number of anilines is 1. The van der Waals surface area contributed by atoms with Gasteiger partial charge >= 0.3 is 0 Å². The maximum absolute atomic E-state index is 15.2. The van der Waals surface area contributed by atoms with Gasteiger partial charge in [0.05, 0.1) is 28.4 Å². The first-order chi connectivity index (χ1) is 19.9. The van der Waals surface area contributed by atoms with Crippen LogP contribution in [0, 0.1) is 11.7 Å². The molecule has 3 atom stereocenters. The topological polar surface area (TPSA) is 67.6 Å². The predicted molar refractivity (Wildman–Crippen MR) is 160 cm³/mol. The van der Waals surface area contributed by atoms with Crippen molar-refractivity contribution in [3.8, 4) is 11.3 Å². The molecule has 4 fully saturated rings. The van der Waals surface area contributed by atoms with Crippen molar-refractivity contribution in [3.05, 3.63) is 69.1 Å². The molecule has 1 N–H and O–H groups in total. The van der Waals surface area contributed by atoms with E-state index in [2.05, 4.69) is 14.8 Å². The molecular weight excluding hydrogens is 584 g/mol. The number of amides is 1. The predicted octanol–water partition coefficient (Wildman–Crippen LogP) is 7.71. The lowest BCUT2D eigenvalue weighted by atomic mass is 10.0. The Kier molecular flexibility index (Phi) is 7.69. The van der Waals surface area contributed by atoms with Gasteiger partial charge in [-0.3, -0.25) is 9.52 Å². The fourth-order valence-corrected chi connectivity index (χ4v) is 7.58. The van der Waals surface area contributed by atoms with E-state index in [1.165, 1.54) is 24.8 Å². The molecule has 2 aromatic carbocycles. The maximum Gasteiger partial charge on any atom is 0.230 e. The highest BCUT2D eigenvalue weighted by Crippen LogP contribution is 2.47. The van der Waals surface area contributed by atoms with Crippen molar-refractivity contribution in [2.24, 2.45) is 5.92 Å².